The number of benzene rings is 1. The largest absolute Gasteiger partial charge is 0.310 e. The van der Waals surface area contributed by atoms with Crippen LogP contribution in [-0.4, -0.2) is 27.0 Å². The molecule has 0 radical (unpaired) electrons. The Morgan fingerprint density at radius 3 is 2.70 bits per heavy atom. The summed E-state index contributed by atoms with van der Waals surface area (Å²) in [4.78, 5) is 0.170. The molecular formula is C14H24N2O2S2. The summed E-state index contributed by atoms with van der Waals surface area (Å²) in [6.07, 6.45) is 5.73. The minimum Gasteiger partial charge on any atom is -0.310 e. The minimum atomic E-state index is -3.62. The Morgan fingerprint density at radius 2 is 2.05 bits per heavy atom. The van der Waals surface area contributed by atoms with Crippen LogP contribution in [0.5, 0.6) is 0 Å². The van der Waals surface area contributed by atoms with Crippen LogP contribution in [0.25, 0.3) is 0 Å². The summed E-state index contributed by atoms with van der Waals surface area (Å²) in [5, 5.41) is 8.56. The van der Waals surface area contributed by atoms with Crippen LogP contribution in [0.15, 0.2) is 29.2 Å². The van der Waals surface area contributed by atoms with E-state index in [1.807, 2.05) is 24.8 Å². The molecule has 1 aromatic carbocycles. The standard InChI is InChI=1S/C14H24N2O2S2/c1-12(16-9-4-3-5-10-19-2)13-7-6-8-14(11-13)20(15,17)18/h6-8,11-12,16H,3-5,9-10H2,1-2H3,(H2,15,17,18). The van der Waals surface area contributed by atoms with Gasteiger partial charge in [-0.1, -0.05) is 18.6 Å². The third kappa shape index (κ3) is 6.26. The summed E-state index contributed by atoms with van der Waals surface area (Å²) in [6, 6.07) is 6.93. The first-order chi connectivity index (χ1) is 9.45. The van der Waals surface area contributed by atoms with Gasteiger partial charge in [-0.25, -0.2) is 13.6 Å². The van der Waals surface area contributed by atoms with E-state index < -0.39 is 10.0 Å². The average molecular weight is 316 g/mol. The molecule has 0 aromatic heterocycles. The van der Waals surface area contributed by atoms with Crippen molar-refractivity contribution in [3.8, 4) is 0 Å². The number of hydrogen-bond acceptors (Lipinski definition) is 4. The molecular weight excluding hydrogens is 292 g/mol. The minimum absolute atomic E-state index is 0.122. The zero-order chi connectivity index (χ0) is 15.0. The molecule has 0 aliphatic rings. The van der Waals surface area contributed by atoms with Gasteiger partial charge in [-0.05, 0) is 56.0 Å². The van der Waals surface area contributed by atoms with E-state index in [0.29, 0.717) is 0 Å². The molecule has 0 bridgehead atoms. The van der Waals surface area contributed by atoms with Crippen LogP contribution in [-0.2, 0) is 10.0 Å². The molecule has 4 nitrogen and oxygen atoms in total. The molecule has 1 aromatic rings. The van der Waals surface area contributed by atoms with E-state index in [1.54, 1.807) is 12.1 Å². The highest BCUT2D eigenvalue weighted by atomic mass is 32.2. The summed E-state index contributed by atoms with van der Waals surface area (Å²) >= 11 is 1.88. The molecule has 1 rings (SSSR count). The predicted octanol–water partition coefficient (Wildman–Crippen LogP) is 2.52. The van der Waals surface area contributed by atoms with E-state index in [9.17, 15) is 8.42 Å². The van der Waals surface area contributed by atoms with Crippen LogP contribution in [0.1, 0.15) is 37.8 Å². The summed E-state index contributed by atoms with van der Waals surface area (Å²) in [7, 11) is -3.62. The lowest BCUT2D eigenvalue weighted by molar-refractivity contribution is 0.543. The lowest BCUT2D eigenvalue weighted by atomic mass is 10.1. The van der Waals surface area contributed by atoms with Gasteiger partial charge in [-0.3, -0.25) is 0 Å². The highest BCUT2D eigenvalue weighted by Gasteiger charge is 2.10. The Kier molecular flexibility index (Phi) is 7.58. The van der Waals surface area contributed by atoms with Gasteiger partial charge in [0.25, 0.3) is 0 Å². The Hall–Kier alpha value is -0.560. The number of rotatable bonds is 9. The monoisotopic (exact) mass is 316 g/mol. The molecule has 1 unspecified atom stereocenters. The number of primary sulfonamides is 1. The van der Waals surface area contributed by atoms with Crippen LogP contribution in [0.4, 0.5) is 0 Å². The van der Waals surface area contributed by atoms with Crippen molar-refractivity contribution in [2.24, 2.45) is 5.14 Å². The first-order valence-corrected chi connectivity index (χ1v) is 9.74. The fourth-order valence-corrected chi connectivity index (χ4v) is 3.01. The van der Waals surface area contributed by atoms with Crippen molar-refractivity contribution in [3.05, 3.63) is 29.8 Å². The van der Waals surface area contributed by atoms with Crippen molar-refractivity contribution >= 4 is 21.8 Å². The molecule has 0 aliphatic carbocycles. The Balaban J connectivity index is 2.45. The van der Waals surface area contributed by atoms with Crippen LogP contribution in [0.3, 0.4) is 0 Å². The SMILES string of the molecule is CSCCCCCNC(C)c1cccc(S(N)(=O)=O)c1. The number of nitrogens with two attached hydrogens (primary N) is 1. The molecule has 0 amide bonds. The zero-order valence-corrected chi connectivity index (χ0v) is 13.8. The molecule has 0 heterocycles. The third-order valence-corrected chi connectivity index (χ3v) is 4.77. The first-order valence-electron chi connectivity index (χ1n) is 6.80. The van der Waals surface area contributed by atoms with Gasteiger partial charge in [0.2, 0.25) is 10.0 Å². The van der Waals surface area contributed by atoms with Crippen LogP contribution < -0.4 is 10.5 Å². The van der Waals surface area contributed by atoms with E-state index in [-0.39, 0.29) is 10.9 Å². The quantitative estimate of drug-likeness (QED) is 0.687. The highest BCUT2D eigenvalue weighted by Crippen LogP contribution is 2.16. The van der Waals surface area contributed by atoms with Crippen molar-refractivity contribution in [1.29, 1.82) is 0 Å². The van der Waals surface area contributed by atoms with Crippen LogP contribution in [0.2, 0.25) is 0 Å². The maximum atomic E-state index is 11.3. The number of thioether (sulfide) groups is 1. The second-order valence-electron chi connectivity index (χ2n) is 4.85. The molecule has 0 fully saturated rings. The normalized spacial score (nSPS) is 13.3. The van der Waals surface area contributed by atoms with Gasteiger partial charge in [0.15, 0.2) is 0 Å². The van der Waals surface area contributed by atoms with E-state index in [4.69, 9.17) is 5.14 Å². The second kappa shape index (κ2) is 8.67. The Bertz CT molecular complexity index is 504. The van der Waals surface area contributed by atoms with Gasteiger partial charge in [0, 0.05) is 6.04 Å². The fraction of sp³-hybridized carbons (Fsp3) is 0.571. The van der Waals surface area contributed by atoms with Crippen LogP contribution >= 0.6 is 11.8 Å². The maximum Gasteiger partial charge on any atom is 0.238 e. The number of unbranched alkanes of at least 4 members (excludes halogenated alkanes) is 2. The molecule has 20 heavy (non-hydrogen) atoms. The maximum absolute atomic E-state index is 11.3. The van der Waals surface area contributed by atoms with E-state index in [1.165, 1.54) is 24.7 Å². The molecule has 0 spiro atoms. The smallest absolute Gasteiger partial charge is 0.238 e. The fourth-order valence-electron chi connectivity index (χ4n) is 1.95. The Labute approximate surface area is 126 Å². The second-order valence-corrected chi connectivity index (χ2v) is 7.39. The summed E-state index contributed by atoms with van der Waals surface area (Å²) in [5.74, 6) is 1.21. The van der Waals surface area contributed by atoms with Gasteiger partial charge < -0.3 is 5.32 Å². The van der Waals surface area contributed by atoms with E-state index in [0.717, 1.165) is 18.5 Å². The van der Waals surface area contributed by atoms with Crippen LogP contribution in [0, 0.1) is 0 Å². The average Bonchev–Trinajstić information content (AvgIpc) is 2.41. The molecule has 1 atom stereocenters. The lowest BCUT2D eigenvalue weighted by Crippen LogP contribution is -2.20. The molecule has 114 valence electrons. The molecule has 6 heteroatoms. The summed E-state index contributed by atoms with van der Waals surface area (Å²) < 4.78 is 22.6. The van der Waals surface area contributed by atoms with Crippen molar-refractivity contribution in [2.75, 3.05) is 18.6 Å². The predicted molar refractivity (Wildman–Crippen MR) is 86.5 cm³/mol. The van der Waals surface area contributed by atoms with E-state index >= 15 is 0 Å². The van der Waals surface area contributed by atoms with E-state index in [2.05, 4.69) is 11.6 Å². The van der Waals surface area contributed by atoms with Gasteiger partial charge >= 0.3 is 0 Å². The molecule has 0 saturated carbocycles. The molecule has 0 aliphatic heterocycles. The lowest BCUT2D eigenvalue weighted by Gasteiger charge is -2.15. The molecule has 3 N–H and O–H groups in total. The van der Waals surface area contributed by atoms with Gasteiger partial charge in [-0.15, -0.1) is 0 Å². The molecule has 0 saturated heterocycles. The summed E-state index contributed by atoms with van der Waals surface area (Å²) in [6.45, 7) is 2.97. The Morgan fingerprint density at radius 1 is 1.30 bits per heavy atom. The highest BCUT2D eigenvalue weighted by molar-refractivity contribution is 7.98. The van der Waals surface area contributed by atoms with Crippen molar-refractivity contribution in [1.82, 2.24) is 5.32 Å². The van der Waals surface area contributed by atoms with Crippen molar-refractivity contribution < 1.29 is 8.42 Å². The number of sulfonamides is 1. The van der Waals surface area contributed by atoms with Gasteiger partial charge in [0.1, 0.15) is 0 Å². The number of nitrogens with one attached hydrogen (secondary N) is 1. The van der Waals surface area contributed by atoms with Gasteiger partial charge in [-0.2, -0.15) is 11.8 Å². The zero-order valence-electron chi connectivity index (χ0n) is 12.1. The third-order valence-electron chi connectivity index (χ3n) is 3.16. The first kappa shape index (κ1) is 17.5. The number of hydrogen-bond donors (Lipinski definition) is 2. The van der Waals surface area contributed by atoms with Crippen molar-refractivity contribution in [3.63, 3.8) is 0 Å². The van der Waals surface area contributed by atoms with Crippen molar-refractivity contribution in [2.45, 2.75) is 37.1 Å². The topological polar surface area (TPSA) is 72.2 Å². The van der Waals surface area contributed by atoms with Gasteiger partial charge in [0.05, 0.1) is 4.90 Å². The summed E-state index contributed by atoms with van der Waals surface area (Å²) in [5.41, 5.74) is 0.945.